The van der Waals surface area contributed by atoms with Crippen molar-refractivity contribution in [1.82, 2.24) is 10.6 Å². The van der Waals surface area contributed by atoms with Gasteiger partial charge in [0, 0.05) is 6.42 Å². The molecule has 1 aromatic rings. The third-order valence-electron chi connectivity index (χ3n) is 5.47. The Balaban J connectivity index is 0.00000208. The number of halogens is 2. The molecule has 1 saturated carbocycles. The summed E-state index contributed by atoms with van der Waals surface area (Å²) in [5.74, 6) is 0.598. The van der Waals surface area contributed by atoms with Crippen molar-refractivity contribution < 1.29 is 9.18 Å². The number of amides is 1. The number of hydrogen-bond acceptors (Lipinski definition) is 2. The van der Waals surface area contributed by atoms with E-state index < -0.39 is 0 Å². The number of hydrogen-bond donors (Lipinski definition) is 2. The molecule has 0 spiro atoms. The highest BCUT2D eigenvalue weighted by Crippen LogP contribution is 2.39. The minimum atomic E-state index is -0.279. The van der Waals surface area contributed by atoms with Crippen molar-refractivity contribution in [3.05, 3.63) is 35.6 Å². The van der Waals surface area contributed by atoms with E-state index in [1.807, 2.05) is 12.1 Å². The minimum absolute atomic E-state index is 0. The van der Waals surface area contributed by atoms with Crippen molar-refractivity contribution in [1.29, 1.82) is 0 Å². The summed E-state index contributed by atoms with van der Waals surface area (Å²) in [5.41, 5.74) is 0.769. The number of piperidine rings is 1. The minimum Gasteiger partial charge on any atom is -0.347 e. The Bertz CT molecular complexity index is 523. The van der Waals surface area contributed by atoms with Gasteiger partial charge in [0.2, 0.25) is 5.91 Å². The fourth-order valence-corrected chi connectivity index (χ4v) is 4.07. The topological polar surface area (TPSA) is 41.1 Å². The van der Waals surface area contributed by atoms with Crippen LogP contribution in [0.2, 0.25) is 0 Å². The highest BCUT2D eigenvalue weighted by atomic mass is 35.5. The van der Waals surface area contributed by atoms with Gasteiger partial charge in [-0.3, -0.25) is 4.79 Å². The van der Waals surface area contributed by atoms with Crippen LogP contribution >= 0.6 is 12.4 Å². The van der Waals surface area contributed by atoms with E-state index in [4.69, 9.17) is 0 Å². The second-order valence-electron chi connectivity index (χ2n) is 7.08. The van der Waals surface area contributed by atoms with Gasteiger partial charge in [0.25, 0.3) is 0 Å². The lowest BCUT2D eigenvalue weighted by Crippen LogP contribution is -2.44. The first kappa shape index (κ1) is 19.2. The summed E-state index contributed by atoms with van der Waals surface area (Å²) in [6.45, 7) is 2.15. The summed E-state index contributed by atoms with van der Waals surface area (Å²) >= 11 is 0. The predicted octanol–water partition coefficient (Wildman–Crippen LogP) is 3.91. The van der Waals surface area contributed by atoms with Gasteiger partial charge in [0.1, 0.15) is 5.82 Å². The Labute approximate surface area is 150 Å². The van der Waals surface area contributed by atoms with E-state index in [1.54, 1.807) is 0 Å². The Morgan fingerprint density at radius 2 is 1.79 bits per heavy atom. The van der Waals surface area contributed by atoms with Crippen molar-refractivity contribution in [3.8, 4) is 0 Å². The summed E-state index contributed by atoms with van der Waals surface area (Å²) in [6.07, 6.45) is 8.08. The van der Waals surface area contributed by atoms with E-state index in [9.17, 15) is 9.18 Å². The maximum Gasteiger partial charge on any atom is 0.220 e. The van der Waals surface area contributed by atoms with Crippen molar-refractivity contribution in [2.75, 3.05) is 13.1 Å². The Kier molecular flexibility index (Phi) is 7.05. The molecule has 0 bridgehead atoms. The number of carbonyl (C=O) groups is 1. The number of rotatable bonds is 5. The van der Waals surface area contributed by atoms with Crippen LogP contribution in [0.1, 0.15) is 56.9 Å². The van der Waals surface area contributed by atoms with Crippen LogP contribution in [0.25, 0.3) is 0 Å². The first-order valence-electron chi connectivity index (χ1n) is 8.96. The smallest absolute Gasteiger partial charge is 0.220 e. The summed E-state index contributed by atoms with van der Waals surface area (Å²) < 4.78 is 13.2. The van der Waals surface area contributed by atoms with Crippen LogP contribution in [0.4, 0.5) is 4.39 Å². The van der Waals surface area contributed by atoms with Gasteiger partial charge in [-0.05, 0) is 68.8 Å². The summed E-state index contributed by atoms with van der Waals surface area (Å²) in [7, 11) is 0. The zero-order valence-corrected chi connectivity index (χ0v) is 15.0. The van der Waals surface area contributed by atoms with Gasteiger partial charge >= 0.3 is 0 Å². The van der Waals surface area contributed by atoms with Gasteiger partial charge in [-0.15, -0.1) is 12.4 Å². The lowest BCUT2D eigenvalue weighted by Gasteiger charge is -2.31. The van der Waals surface area contributed by atoms with E-state index >= 15 is 0 Å². The van der Waals surface area contributed by atoms with Crippen molar-refractivity contribution in [3.63, 3.8) is 0 Å². The fourth-order valence-electron chi connectivity index (χ4n) is 4.07. The van der Waals surface area contributed by atoms with Gasteiger partial charge < -0.3 is 10.6 Å². The molecule has 0 radical (unpaired) electrons. The molecule has 0 unspecified atom stereocenters. The summed E-state index contributed by atoms with van der Waals surface area (Å²) in [6, 6.07) is 6.65. The average molecular weight is 355 g/mol. The van der Waals surface area contributed by atoms with E-state index in [2.05, 4.69) is 10.6 Å². The van der Waals surface area contributed by atoms with Gasteiger partial charge in [0.15, 0.2) is 0 Å². The predicted molar refractivity (Wildman–Crippen MR) is 96.8 cm³/mol. The first-order chi connectivity index (χ1) is 11.2. The van der Waals surface area contributed by atoms with Crippen LogP contribution in [-0.2, 0) is 10.3 Å². The van der Waals surface area contributed by atoms with E-state index in [1.165, 1.54) is 25.0 Å². The van der Waals surface area contributed by atoms with Gasteiger partial charge in [-0.2, -0.15) is 0 Å². The second-order valence-corrected chi connectivity index (χ2v) is 7.08. The fraction of sp³-hybridized carbons (Fsp3) is 0.632. The van der Waals surface area contributed by atoms with Crippen LogP contribution < -0.4 is 10.6 Å². The van der Waals surface area contributed by atoms with Gasteiger partial charge in [-0.25, -0.2) is 4.39 Å². The average Bonchev–Trinajstić information content (AvgIpc) is 3.04. The standard InChI is InChI=1S/C19H27FN2O.ClH/c20-17-6-4-16(5-7-17)19(11-1-2-12-19)22-18(23)8-3-15-9-13-21-14-10-15;/h4-7,15,21H,1-3,8-14H2,(H,22,23);1H. The maximum atomic E-state index is 13.2. The molecule has 3 nitrogen and oxygen atoms in total. The molecular weight excluding hydrogens is 327 g/mol. The van der Waals surface area contributed by atoms with Gasteiger partial charge in [-0.1, -0.05) is 25.0 Å². The first-order valence-corrected chi connectivity index (χ1v) is 8.96. The molecule has 1 aromatic carbocycles. The van der Waals surface area contributed by atoms with Crippen LogP contribution in [0, 0.1) is 11.7 Å². The molecule has 2 fully saturated rings. The largest absolute Gasteiger partial charge is 0.347 e. The van der Waals surface area contributed by atoms with Gasteiger partial charge in [0.05, 0.1) is 5.54 Å². The van der Waals surface area contributed by atoms with Crippen molar-refractivity contribution >= 4 is 18.3 Å². The van der Waals surface area contributed by atoms with Crippen LogP contribution in [0.5, 0.6) is 0 Å². The Morgan fingerprint density at radius 1 is 1.17 bits per heavy atom. The molecule has 0 aromatic heterocycles. The highest BCUT2D eigenvalue weighted by molar-refractivity contribution is 5.85. The molecule has 24 heavy (non-hydrogen) atoms. The van der Waals surface area contributed by atoms with Crippen molar-refractivity contribution in [2.45, 2.75) is 56.9 Å². The molecule has 1 amide bonds. The van der Waals surface area contributed by atoms with Crippen LogP contribution in [-0.4, -0.2) is 19.0 Å². The normalized spacial score (nSPS) is 20.4. The molecule has 2 N–H and O–H groups in total. The van der Waals surface area contributed by atoms with E-state index in [0.717, 1.165) is 50.8 Å². The molecule has 0 atom stereocenters. The second kappa shape index (κ2) is 8.82. The lowest BCUT2D eigenvalue weighted by molar-refractivity contribution is -0.123. The Morgan fingerprint density at radius 3 is 2.42 bits per heavy atom. The summed E-state index contributed by atoms with van der Waals surface area (Å²) in [4.78, 5) is 12.5. The monoisotopic (exact) mass is 354 g/mol. The Hall–Kier alpha value is -1.13. The molecule has 5 heteroatoms. The lowest BCUT2D eigenvalue weighted by atomic mass is 9.87. The van der Waals surface area contributed by atoms with E-state index in [0.29, 0.717) is 12.3 Å². The quantitative estimate of drug-likeness (QED) is 0.841. The number of nitrogens with one attached hydrogen (secondary N) is 2. The molecule has 1 saturated heterocycles. The summed E-state index contributed by atoms with van der Waals surface area (Å²) in [5, 5.41) is 6.65. The zero-order chi connectivity index (χ0) is 16.1. The van der Waals surface area contributed by atoms with E-state index in [-0.39, 0.29) is 29.7 Å². The molecular formula is C19H28ClFN2O. The van der Waals surface area contributed by atoms with Crippen LogP contribution in [0.3, 0.4) is 0 Å². The SMILES string of the molecule is Cl.O=C(CCC1CCNCC1)NC1(c2ccc(F)cc2)CCCC1. The number of carbonyl (C=O) groups excluding carboxylic acids is 1. The molecule has 1 aliphatic carbocycles. The van der Waals surface area contributed by atoms with Crippen molar-refractivity contribution in [2.24, 2.45) is 5.92 Å². The molecule has 2 aliphatic rings. The number of benzene rings is 1. The molecule has 1 heterocycles. The maximum absolute atomic E-state index is 13.2. The molecule has 1 aliphatic heterocycles. The molecule has 3 rings (SSSR count). The third kappa shape index (κ3) is 4.70. The third-order valence-corrected chi connectivity index (χ3v) is 5.47. The highest BCUT2D eigenvalue weighted by Gasteiger charge is 2.36. The molecule has 134 valence electrons. The zero-order valence-electron chi connectivity index (χ0n) is 14.2. The van der Waals surface area contributed by atoms with Crippen LogP contribution in [0.15, 0.2) is 24.3 Å².